The predicted molar refractivity (Wildman–Crippen MR) is 74.1 cm³/mol. The van der Waals surface area contributed by atoms with Crippen molar-refractivity contribution in [1.29, 1.82) is 0 Å². The highest BCUT2D eigenvalue weighted by Gasteiger charge is 2.43. The van der Waals surface area contributed by atoms with Gasteiger partial charge in [-0.1, -0.05) is 12.8 Å². The molecule has 2 rings (SSSR count). The van der Waals surface area contributed by atoms with Gasteiger partial charge in [-0.25, -0.2) is 0 Å². The summed E-state index contributed by atoms with van der Waals surface area (Å²) in [5, 5.41) is 0. The standard InChI is InChI=1S/C12H22O6S2/c1-19(13,14)17-11-7-3-5-9(11)10-6-4-8-12(10)18-20(2,15)16/h9-12H,3-8H2,1-2H3. The Hall–Kier alpha value is -0.180. The van der Waals surface area contributed by atoms with Crippen molar-refractivity contribution in [3.05, 3.63) is 0 Å². The van der Waals surface area contributed by atoms with Crippen LogP contribution in [0.2, 0.25) is 0 Å². The topological polar surface area (TPSA) is 86.7 Å². The summed E-state index contributed by atoms with van der Waals surface area (Å²) < 4.78 is 55.6. The van der Waals surface area contributed by atoms with Gasteiger partial charge in [-0.05, 0) is 37.5 Å². The first-order chi connectivity index (χ1) is 9.16. The van der Waals surface area contributed by atoms with Gasteiger partial charge in [0.2, 0.25) is 0 Å². The second-order valence-electron chi connectivity index (χ2n) is 5.87. The van der Waals surface area contributed by atoms with E-state index < -0.39 is 20.2 Å². The Kier molecular flexibility index (Phi) is 4.78. The Morgan fingerprint density at radius 2 is 1.05 bits per heavy atom. The summed E-state index contributed by atoms with van der Waals surface area (Å²) in [6.45, 7) is 0. The fourth-order valence-corrected chi connectivity index (χ4v) is 4.95. The van der Waals surface area contributed by atoms with Gasteiger partial charge < -0.3 is 0 Å². The minimum absolute atomic E-state index is 0.0685. The third-order valence-corrected chi connectivity index (χ3v) is 5.35. The third-order valence-electron chi connectivity index (χ3n) is 4.15. The first-order valence-corrected chi connectivity index (χ1v) is 10.6. The zero-order valence-corrected chi connectivity index (χ0v) is 13.5. The third kappa shape index (κ3) is 4.41. The molecule has 2 aliphatic carbocycles. The van der Waals surface area contributed by atoms with Gasteiger partial charge in [0.15, 0.2) is 0 Å². The van der Waals surface area contributed by atoms with E-state index in [2.05, 4.69) is 0 Å². The highest BCUT2D eigenvalue weighted by molar-refractivity contribution is 7.86. The molecule has 0 aromatic heterocycles. The average Bonchev–Trinajstić information content (AvgIpc) is 2.82. The molecule has 0 radical (unpaired) electrons. The van der Waals surface area contributed by atoms with Crippen molar-refractivity contribution in [2.75, 3.05) is 12.5 Å². The number of rotatable bonds is 5. The maximum absolute atomic E-state index is 11.3. The Morgan fingerprint density at radius 1 is 0.700 bits per heavy atom. The van der Waals surface area contributed by atoms with Crippen LogP contribution in [0.15, 0.2) is 0 Å². The maximum atomic E-state index is 11.3. The van der Waals surface area contributed by atoms with Gasteiger partial charge in [-0.15, -0.1) is 0 Å². The van der Waals surface area contributed by atoms with Crippen LogP contribution in [-0.2, 0) is 28.6 Å². The molecule has 2 aliphatic rings. The Bertz CT molecular complexity index is 488. The van der Waals surface area contributed by atoms with Crippen LogP contribution in [-0.4, -0.2) is 41.6 Å². The molecule has 0 aromatic rings. The first-order valence-electron chi connectivity index (χ1n) is 6.92. The van der Waals surface area contributed by atoms with E-state index in [4.69, 9.17) is 8.37 Å². The summed E-state index contributed by atoms with van der Waals surface area (Å²) >= 11 is 0. The molecule has 4 unspecified atom stereocenters. The fourth-order valence-electron chi connectivity index (χ4n) is 3.58. The van der Waals surface area contributed by atoms with E-state index in [1.54, 1.807) is 0 Å². The summed E-state index contributed by atoms with van der Waals surface area (Å²) in [4.78, 5) is 0. The van der Waals surface area contributed by atoms with Gasteiger partial charge >= 0.3 is 0 Å². The van der Waals surface area contributed by atoms with Gasteiger partial charge in [0, 0.05) is 0 Å². The van der Waals surface area contributed by atoms with Crippen LogP contribution in [0, 0.1) is 11.8 Å². The minimum Gasteiger partial charge on any atom is -0.267 e. The smallest absolute Gasteiger partial charge is 0.264 e. The molecule has 0 spiro atoms. The van der Waals surface area contributed by atoms with Crippen molar-refractivity contribution in [2.24, 2.45) is 11.8 Å². The fraction of sp³-hybridized carbons (Fsp3) is 1.00. The van der Waals surface area contributed by atoms with E-state index in [1.165, 1.54) is 0 Å². The van der Waals surface area contributed by atoms with Crippen LogP contribution >= 0.6 is 0 Å². The average molecular weight is 326 g/mol. The van der Waals surface area contributed by atoms with Crippen LogP contribution in [0.3, 0.4) is 0 Å². The first kappa shape index (κ1) is 16.2. The van der Waals surface area contributed by atoms with Crippen LogP contribution < -0.4 is 0 Å². The second kappa shape index (κ2) is 5.90. The van der Waals surface area contributed by atoms with E-state index in [9.17, 15) is 16.8 Å². The molecule has 2 fully saturated rings. The molecule has 8 heteroatoms. The molecule has 0 amide bonds. The van der Waals surface area contributed by atoms with Gasteiger partial charge in [-0.3, -0.25) is 8.37 Å². The van der Waals surface area contributed by atoms with Crippen molar-refractivity contribution in [2.45, 2.75) is 50.7 Å². The van der Waals surface area contributed by atoms with Gasteiger partial charge in [0.1, 0.15) is 0 Å². The van der Waals surface area contributed by atoms with Crippen LogP contribution in [0.4, 0.5) is 0 Å². The van der Waals surface area contributed by atoms with E-state index in [0.717, 1.165) is 38.2 Å². The van der Waals surface area contributed by atoms with Gasteiger partial charge in [-0.2, -0.15) is 16.8 Å². The Balaban J connectivity index is 2.08. The molecule has 0 bridgehead atoms. The molecule has 2 saturated carbocycles. The van der Waals surface area contributed by atoms with Gasteiger partial charge in [0.25, 0.3) is 20.2 Å². The SMILES string of the molecule is CS(=O)(=O)OC1CCCC1C1CCCC1OS(C)(=O)=O. The molecule has 0 aromatic carbocycles. The summed E-state index contributed by atoms with van der Waals surface area (Å²) in [5.41, 5.74) is 0. The van der Waals surface area contributed by atoms with Gasteiger partial charge in [0.05, 0.1) is 24.7 Å². The molecule has 0 aliphatic heterocycles. The summed E-state index contributed by atoms with van der Waals surface area (Å²) in [5.74, 6) is 0.137. The van der Waals surface area contributed by atoms with Crippen LogP contribution in [0.25, 0.3) is 0 Å². The lowest BCUT2D eigenvalue weighted by molar-refractivity contribution is 0.0709. The Labute approximate surface area is 121 Å². The second-order valence-corrected chi connectivity index (χ2v) is 9.07. The molecule has 0 saturated heterocycles. The molecule has 4 atom stereocenters. The van der Waals surface area contributed by atoms with E-state index in [1.807, 2.05) is 0 Å². The highest BCUT2D eigenvalue weighted by atomic mass is 32.2. The summed E-state index contributed by atoms with van der Waals surface area (Å²) in [6, 6.07) is 0. The lowest BCUT2D eigenvalue weighted by atomic mass is 9.86. The van der Waals surface area contributed by atoms with E-state index in [0.29, 0.717) is 12.8 Å². The Morgan fingerprint density at radius 3 is 1.35 bits per heavy atom. The van der Waals surface area contributed by atoms with E-state index >= 15 is 0 Å². The minimum atomic E-state index is -3.48. The molecular formula is C12H22O6S2. The normalized spacial score (nSPS) is 35.5. The quantitative estimate of drug-likeness (QED) is 0.707. The van der Waals surface area contributed by atoms with Crippen molar-refractivity contribution in [1.82, 2.24) is 0 Å². The van der Waals surface area contributed by atoms with Crippen molar-refractivity contribution in [3.63, 3.8) is 0 Å². The monoisotopic (exact) mass is 326 g/mol. The lowest BCUT2D eigenvalue weighted by Gasteiger charge is -2.28. The molecule has 6 nitrogen and oxygen atoms in total. The molecular weight excluding hydrogens is 304 g/mol. The predicted octanol–water partition coefficient (Wildman–Crippen LogP) is 1.28. The maximum Gasteiger partial charge on any atom is 0.264 e. The zero-order valence-electron chi connectivity index (χ0n) is 11.8. The van der Waals surface area contributed by atoms with Crippen molar-refractivity contribution >= 4 is 20.2 Å². The lowest BCUT2D eigenvalue weighted by Crippen LogP contribution is -2.33. The number of hydrogen-bond donors (Lipinski definition) is 0. The molecule has 20 heavy (non-hydrogen) atoms. The largest absolute Gasteiger partial charge is 0.267 e. The molecule has 0 N–H and O–H groups in total. The molecule has 118 valence electrons. The highest BCUT2D eigenvalue weighted by Crippen LogP contribution is 2.43. The van der Waals surface area contributed by atoms with E-state index in [-0.39, 0.29) is 24.0 Å². The summed E-state index contributed by atoms with van der Waals surface area (Å²) in [7, 11) is -6.96. The molecule has 0 heterocycles. The van der Waals surface area contributed by atoms with Crippen LogP contribution in [0.1, 0.15) is 38.5 Å². The van der Waals surface area contributed by atoms with Crippen molar-refractivity contribution in [3.8, 4) is 0 Å². The number of hydrogen-bond acceptors (Lipinski definition) is 6. The summed E-state index contributed by atoms with van der Waals surface area (Å²) in [6.07, 6.45) is 6.42. The zero-order chi connectivity index (χ0) is 15.0. The van der Waals surface area contributed by atoms with Crippen molar-refractivity contribution < 1.29 is 25.2 Å². The van der Waals surface area contributed by atoms with Crippen LogP contribution in [0.5, 0.6) is 0 Å².